The molecule has 0 radical (unpaired) electrons. The number of piperazine rings is 1. The van der Waals surface area contributed by atoms with Gasteiger partial charge < -0.3 is 16.0 Å². The van der Waals surface area contributed by atoms with Crippen LogP contribution in [0.5, 0.6) is 0 Å². The van der Waals surface area contributed by atoms with Crippen LogP contribution in [-0.2, 0) is 6.18 Å². The number of alkyl halides is 3. The fourth-order valence-electron chi connectivity index (χ4n) is 3.99. The van der Waals surface area contributed by atoms with Gasteiger partial charge in [-0.15, -0.1) is 12.4 Å². The maximum absolute atomic E-state index is 12.7. The maximum atomic E-state index is 12.7. The number of nitrogens with zero attached hydrogens (tertiary/aromatic N) is 3. The van der Waals surface area contributed by atoms with Crippen molar-refractivity contribution in [3.63, 3.8) is 0 Å². The lowest BCUT2D eigenvalue weighted by atomic mass is 10.1. The van der Waals surface area contributed by atoms with Gasteiger partial charge in [-0.3, -0.25) is 9.69 Å². The van der Waals surface area contributed by atoms with Gasteiger partial charge in [-0.1, -0.05) is 12.1 Å². The van der Waals surface area contributed by atoms with Crippen LogP contribution in [0.2, 0.25) is 0 Å². The fourth-order valence-corrected chi connectivity index (χ4v) is 4.78. The highest BCUT2D eigenvalue weighted by Gasteiger charge is 2.31. The lowest BCUT2D eigenvalue weighted by Gasteiger charge is -2.35. The van der Waals surface area contributed by atoms with Crippen molar-refractivity contribution < 1.29 is 18.0 Å². The number of aromatic nitrogens is 1. The fraction of sp³-hybridized carbons (Fsp3) is 0.391. The van der Waals surface area contributed by atoms with Gasteiger partial charge in [-0.05, 0) is 61.3 Å². The first-order valence-electron chi connectivity index (χ1n) is 10.9. The summed E-state index contributed by atoms with van der Waals surface area (Å²) in [5.74, 6) is 0.617. The van der Waals surface area contributed by atoms with Crippen molar-refractivity contribution >= 4 is 51.4 Å². The van der Waals surface area contributed by atoms with Crippen LogP contribution in [0.1, 0.15) is 28.8 Å². The molecule has 1 amide bonds. The van der Waals surface area contributed by atoms with Crippen molar-refractivity contribution in [2.24, 2.45) is 0 Å². The Labute approximate surface area is 206 Å². The molecular formula is C23H27ClF3N5OS. The Kier molecular flexibility index (Phi) is 8.62. The standard InChI is InChI=1S/C23H26F3N5OS.ClH/c24-23(25,26)16-7-8-17(19(27)15-16)22(32)28-9-3-4-10-30-11-13-31(14-12-30)21-18-5-1-2-6-20(18)33-29-21;/h1-2,5-8,15H,3-4,9-14,27H2,(H,28,32);1H. The summed E-state index contributed by atoms with van der Waals surface area (Å²) in [5.41, 5.74) is 4.68. The molecule has 0 aliphatic carbocycles. The molecular weight excluding hydrogens is 487 g/mol. The molecule has 4 rings (SSSR count). The quantitative estimate of drug-likeness (QED) is 0.355. The Bertz CT molecular complexity index is 1120. The number of hydrogen-bond donors (Lipinski definition) is 2. The molecule has 0 saturated carbocycles. The van der Waals surface area contributed by atoms with E-state index in [0.29, 0.717) is 6.54 Å². The van der Waals surface area contributed by atoms with E-state index in [1.165, 1.54) is 21.6 Å². The summed E-state index contributed by atoms with van der Waals surface area (Å²) in [7, 11) is 0. The van der Waals surface area contributed by atoms with Crippen LogP contribution in [0.25, 0.3) is 10.1 Å². The van der Waals surface area contributed by atoms with Crippen LogP contribution in [0.4, 0.5) is 24.7 Å². The van der Waals surface area contributed by atoms with Gasteiger partial charge in [-0.2, -0.15) is 17.5 Å². The molecule has 0 unspecified atom stereocenters. The van der Waals surface area contributed by atoms with E-state index in [0.717, 1.165) is 69.6 Å². The number of anilines is 2. The topological polar surface area (TPSA) is 74.5 Å². The molecule has 2 heterocycles. The summed E-state index contributed by atoms with van der Waals surface area (Å²) in [4.78, 5) is 17.0. The van der Waals surface area contributed by atoms with Crippen LogP contribution >= 0.6 is 23.9 Å². The number of carbonyl (C=O) groups is 1. The Morgan fingerprint density at radius 1 is 1.09 bits per heavy atom. The molecule has 2 aromatic carbocycles. The van der Waals surface area contributed by atoms with E-state index in [9.17, 15) is 18.0 Å². The van der Waals surface area contributed by atoms with Gasteiger partial charge in [0, 0.05) is 43.8 Å². The van der Waals surface area contributed by atoms with Gasteiger partial charge in [0.25, 0.3) is 5.91 Å². The smallest absolute Gasteiger partial charge is 0.398 e. The third kappa shape index (κ3) is 6.11. The SMILES string of the molecule is Cl.Nc1cc(C(F)(F)F)ccc1C(=O)NCCCCN1CCN(c2nsc3ccccc23)CC1. The predicted octanol–water partition coefficient (Wildman–Crippen LogP) is 4.65. The summed E-state index contributed by atoms with van der Waals surface area (Å²) in [6.45, 7) is 5.16. The largest absolute Gasteiger partial charge is 0.416 e. The molecule has 1 aliphatic rings. The zero-order valence-electron chi connectivity index (χ0n) is 18.5. The molecule has 1 aliphatic heterocycles. The van der Waals surface area contributed by atoms with Crippen LogP contribution < -0.4 is 16.0 Å². The van der Waals surface area contributed by atoms with E-state index in [1.54, 1.807) is 0 Å². The first-order chi connectivity index (χ1) is 15.8. The maximum Gasteiger partial charge on any atom is 0.416 e. The molecule has 3 aromatic rings. The highest BCUT2D eigenvalue weighted by atomic mass is 35.5. The Hall–Kier alpha value is -2.56. The second kappa shape index (κ2) is 11.2. The molecule has 1 saturated heterocycles. The van der Waals surface area contributed by atoms with E-state index < -0.39 is 17.6 Å². The first-order valence-corrected chi connectivity index (χ1v) is 11.7. The second-order valence-corrected chi connectivity index (χ2v) is 8.90. The van der Waals surface area contributed by atoms with Crippen molar-refractivity contribution in [2.75, 3.05) is 49.9 Å². The summed E-state index contributed by atoms with van der Waals surface area (Å²) in [6, 6.07) is 11.1. The third-order valence-corrected chi connectivity index (χ3v) is 6.66. The number of amides is 1. The molecule has 3 N–H and O–H groups in total. The van der Waals surface area contributed by atoms with E-state index in [2.05, 4.69) is 31.6 Å². The number of hydrogen-bond acceptors (Lipinski definition) is 6. The number of benzene rings is 2. The minimum atomic E-state index is -4.48. The molecule has 1 fully saturated rings. The molecule has 11 heteroatoms. The molecule has 0 bridgehead atoms. The van der Waals surface area contributed by atoms with E-state index in [1.807, 2.05) is 12.1 Å². The minimum Gasteiger partial charge on any atom is -0.398 e. The van der Waals surface area contributed by atoms with Crippen LogP contribution in [0.15, 0.2) is 42.5 Å². The molecule has 0 atom stereocenters. The van der Waals surface area contributed by atoms with Gasteiger partial charge in [-0.25, -0.2) is 0 Å². The average molecular weight is 514 g/mol. The highest BCUT2D eigenvalue weighted by molar-refractivity contribution is 7.13. The van der Waals surface area contributed by atoms with Gasteiger partial charge >= 0.3 is 6.18 Å². The van der Waals surface area contributed by atoms with Crippen LogP contribution in [-0.4, -0.2) is 54.4 Å². The highest BCUT2D eigenvalue weighted by Crippen LogP contribution is 2.31. The number of nitrogen functional groups attached to an aromatic ring is 1. The normalized spacial score (nSPS) is 14.7. The number of unbranched alkanes of at least 4 members (excludes halogenated alkanes) is 1. The monoisotopic (exact) mass is 513 g/mol. The Morgan fingerprint density at radius 3 is 2.53 bits per heavy atom. The van der Waals surface area contributed by atoms with E-state index in [4.69, 9.17) is 5.73 Å². The molecule has 1 aromatic heterocycles. The molecule has 0 spiro atoms. The summed E-state index contributed by atoms with van der Waals surface area (Å²) in [6.07, 6.45) is -2.78. The van der Waals surface area contributed by atoms with Gasteiger partial charge in [0.1, 0.15) is 5.82 Å². The van der Waals surface area contributed by atoms with Gasteiger partial charge in [0.15, 0.2) is 0 Å². The zero-order valence-corrected chi connectivity index (χ0v) is 20.1. The molecule has 34 heavy (non-hydrogen) atoms. The number of rotatable bonds is 7. The number of carbonyl (C=O) groups excluding carboxylic acids is 1. The summed E-state index contributed by atoms with van der Waals surface area (Å²) < 4.78 is 44.0. The van der Waals surface area contributed by atoms with Crippen molar-refractivity contribution in [3.05, 3.63) is 53.6 Å². The first kappa shape index (κ1) is 26.1. The van der Waals surface area contributed by atoms with E-state index in [-0.39, 0.29) is 23.7 Å². The van der Waals surface area contributed by atoms with Crippen molar-refractivity contribution in [3.8, 4) is 0 Å². The van der Waals surface area contributed by atoms with Crippen molar-refractivity contribution in [1.29, 1.82) is 0 Å². The van der Waals surface area contributed by atoms with Gasteiger partial charge in [0.2, 0.25) is 0 Å². The lowest BCUT2D eigenvalue weighted by Crippen LogP contribution is -2.46. The van der Waals surface area contributed by atoms with Crippen LogP contribution in [0, 0.1) is 0 Å². The molecule has 184 valence electrons. The predicted molar refractivity (Wildman–Crippen MR) is 133 cm³/mol. The lowest BCUT2D eigenvalue weighted by molar-refractivity contribution is -0.137. The van der Waals surface area contributed by atoms with Crippen molar-refractivity contribution in [2.45, 2.75) is 19.0 Å². The average Bonchev–Trinajstić information content (AvgIpc) is 3.22. The molecule has 6 nitrogen and oxygen atoms in total. The number of nitrogens with one attached hydrogen (secondary N) is 1. The summed E-state index contributed by atoms with van der Waals surface area (Å²) >= 11 is 1.53. The number of nitrogens with two attached hydrogens (primary N) is 1. The Morgan fingerprint density at radius 2 is 1.82 bits per heavy atom. The summed E-state index contributed by atoms with van der Waals surface area (Å²) in [5, 5.41) is 3.95. The van der Waals surface area contributed by atoms with Gasteiger partial charge in [0.05, 0.1) is 15.8 Å². The third-order valence-electron chi connectivity index (χ3n) is 5.84. The van der Waals surface area contributed by atoms with E-state index >= 15 is 0 Å². The number of halogens is 4. The second-order valence-electron chi connectivity index (χ2n) is 8.09. The Balaban J connectivity index is 0.00000324. The minimum absolute atomic E-state index is 0. The van der Waals surface area contributed by atoms with Crippen LogP contribution in [0.3, 0.4) is 0 Å². The number of fused-ring (bicyclic) bond motifs is 1. The zero-order chi connectivity index (χ0) is 23.4. The van der Waals surface area contributed by atoms with Crippen molar-refractivity contribution in [1.82, 2.24) is 14.6 Å².